The van der Waals surface area contributed by atoms with E-state index in [0.29, 0.717) is 12.4 Å². The molecule has 0 N–H and O–H groups in total. The number of aryl methyl sites for hydroxylation is 2. The van der Waals surface area contributed by atoms with Gasteiger partial charge in [-0.15, -0.1) is 0 Å². The van der Waals surface area contributed by atoms with Gasteiger partial charge >= 0.3 is 0 Å². The number of benzene rings is 1. The number of hydrogen-bond acceptors (Lipinski definition) is 4. The summed E-state index contributed by atoms with van der Waals surface area (Å²) in [4.78, 5) is 19.4. The molecule has 0 bridgehead atoms. The van der Waals surface area contributed by atoms with Crippen LogP contribution in [0.1, 0.15) is 46.9 Å². The Hall–Kier alpha value is -2.56. The maximum Gasteiger partial charge on any atom is 0.255 e. The molecule has 142 valence electrons. The molecule has 5 heteroatoms. The van der Waals surface area contributed by atoms with Crippen LogP contribution in [0.25, 0.3) is 0 Å². The van der Waals surface area contributed by atoms with Gasteiger partial charge in [-0.3, -0.25) is 9.78 Å². The molecule has 0 radical (unpaired) electrons. The van der Waals surface area contributed by atoms with Gasteiger partial charge in [0, 0.05) is 25.0 Å². The fraction of sp³-hybridized carbons (Fsp3) is 0.455. The number of carbonyl (C=O) groups excluding carboxylic acids is 1. The monoisotopic (exact) mass is 366 g/mol. The van der Waals surface area contributed by atoms with Gasteiger partial charge < -0.3 is 14.4 Å². The Morgan fingerprint density at radius 2 is 2.04 bits per heavy atom. The molecule has 1 saturated heterocycles. The zero-order chi connectivity index (χ0) is 19.0. The molecule has 3 heterocycles. The number of hydrogen-bond donors (Lipinski definition) is 0. The summed E-state index contributed by atoms with van der Waals surface area (Å²) >= 11 is 0. The minimum atomic E-state index is 0.0504. The standard InChI is InChI=1S/C22H26N2O3/c1-15-9-18(12-23-16(15)2)21(25)24-8-4-7-22(3,13-24)11-17-5-6-19-20(10-17)27-14-26-19/h5-6,9-10,12H,4,7-8,11,13-14H2,1-3H3. The van der Waals surface area contributed by atoms with Crippen LogP contribution in [-0.4, -0.2) is 35.7 Å². The minimum Gasteiger partial charge on any atom is -0.454 e. The van der Waals surface area contributed by atoms with Crippen LogP contribution in [0, 0.1) is 19.3 Å². The summed E-state index contributed by atoms with van der Waals surface area (Å²) in [6.45, 7) is 8.10. The number of aromatic nitrogens is 1. The van der Waals surface area contributed by atoms with Crippen LogP contribution >= 0.6 is 0 Å². The molecule has 2 aromatic rings. The number of amides is 1. The summed E-state index contributed by atoms with van der Waals surface area (Å²) in [6, 6.07) is 8.11. The third-order valence-corrected chi connectivity index (χ3v) is 5.72. The second kappa shape index (κ2) is 6.87. The quantitative estimate of drug-likeness (QED) is 0.826. The van der Waals surface area contributed by atoms with Crippen molar-refractivity contribution in [1.29, 1.82) is 0 Å². The van der Waals surface area contributed by atoms with Gasteiger partial charge in [0.15, 0.2) is 11.5 Å². The zero-order valence-electron chi connectivity index (χ0n) is 16.2. The van der Waals surface area contributed by atoms with Crippen LogP contribution < -0.4 is 9.47 Å². The highest BCUT2D eigenvalue weighted by atomic mass is 16.7. The minimum absolute atomic E-state index is 0.0504. The number of rotatable bonds is 3. The van der Waals surface area contributed by atoms with E-state index in [1.807, 2.05) is 30.9 Å². The van der Waals surface area contributed by atoms with Gasteiger partial charge in [-0.1, -0.05) is 13.0 Å². The van der Waals surface area contributed by atoms with Crippen LogP contribution in [0.15, 0.2) is 30.5 Å². The van der Waals surface area contributed by atoms with Crippen LogP contribution in [0.5, 0.6) is 11.5 Å². The second-order valence-electron chi connectivity index (χ2n) is 8.13. The van der Waals surface area contributed by atoms with E-state index in [1.165, 1.54) is 5.56 Å². The summed E-state index contributed by atoms with van der Waals surface area (Å²) < 4.78 is 10.9. The van der Waals surface area contributed by atoms with Crippen LogP contribution in [-0.2, 0) is 6.42 Å². The Kier molecular flexibility index (Phi) is 4.54. The molecule has 1 unspecified atom stereocenters. The first-order chi connectivity index (χ1) is 12.9. The van der Waals surface area contributed by atoms with Crippen molar-refractivity contribution in [3.05, 3.63) is 52.8 Å². The maximum absolute atomic E-state index is 13.0. The summed E-state index contributed by atoms with van der Waals surface area (Å²) in [5.41, 5.74) is 3.99. The molecule has 2 aliphatic rings. The molecule has 1 amide bonds. The number of nitrogens with zero attached hydrogens (tertiary/aromatic N) is 2. The average molecular weight is 366 g/mol. The highest BCUT2D eigenvalue weighted by Crippen LogP contribution is 2.37. The fourth-order valence-corrected chi connectivity index (χ4v) is 4.12. The SMILES string of the molecule is Cc1cc(C(=O)N2CCCC(C)(Cc3ccc4c(c3)OCO4)C2)cnc1C. The van der Waals surface area contributed by atoms with E-state index in [-0.39, 0.29) is 11.3 Å². The third-order valence-electron chi connectivity index (χ3n) is 5.72. The van der Waals surface area contributed by atoms with Crippen molar-refractivity contribution in [2.75, 3.05) is 19.9 Å². The Labute approximate surface area is 160 Å². The predicted molar refractivity (Wildman–Crippen MR) is 103 cm³/mol. The van der Waals surface area contributed by atoms with Gasteiger partial charge in [0.2, 0.25) is 6.79 Å². The van der Waals surface area contributed by atoms with Gasteiger partial charge in [-0.2, -0.15) is 0 Å². The molecular formula is C22H26N2O3. The zero-order valence-corrected chi connectivity index (χ0v) is 16.2. The summed E-state index contributed by atoms with van der Waals surface area (Å²) in [6.07, 6.45) is 4.74. The van der Waals surface area contributed by atoms with Gasteiger partial charge in [0.1, 0.15) is 0 Å². The van der Waals surface area contributed by atoms with Crippen LogP contribution in [0.4, 0.5) is 0 Å². The van der Waals surface area contributed by atoms with Crippen molar-refractivity contribution < 1.29 is 14.3 Å². The lowest BCUT2D eigenvalue weighted by Gasteiger charge is -2.40. The number of likely N-dealkylation sites (tertiary alicyclic amines) is 1. The van der Waals surface area contributed by atoms with Crippen molar-refractivity contribution in [3.8, 4) is 11.5 Å². The average Bonchev–Trinajstić information content (AvgIpc) is 3.11. The number of carbonyl (C=O) groups is 1. The molecule has 0 saturated carbocycles. The van der Waals surface area contributed by atoms with Crippen LogP contribution in [0.2, 0.25) is 0 Å². The Morgan fingerprint density at radius 3 is 2.85 bits per heavy atom. The topological polar surface area (TPSA) is 51.7 Å². The Bertz CT molecular complexity index is 880. The summed E-state index contributed by atoms with van der Waals surface area (Å²) in [7, 11) is 0. The second-order valence-corrected chi connectivity index (χ2v) is 8.13. The Morgan fingerprint density at radius 1 is 1.22 bits per heavy atom. The molecule has 1 aromatic carbocycles. The first-order valence-electron chi connectivity index (χ1n) is 9.55. The van der Waals surface area contributed by atoms with E-state index in [9.17, 15) is 4.79 Å². The third kappa shape index (κ3) is 3.64. The lowest BCUT2D eigenvalue weighted by atomic mass is 9.76. The highest BCUT2D eigenvalue weighted by molar-refractivity contribution is 5.94. The normalized spacial score (nSPS) is 21.4. The molecule has 1 fully saturated rings. The van der Waals surface area contributed by atoms with E-state index in [4.69, 9.17) is 9.47 Å². The molecule has 27 heavy (non-hydrogen) atoms. The van der Waals surface area contributed by atoms with E-state index in [2.05, 4.69) is 24.0 Å². The fourth-order valence-electron chi connectivity index (χ4n) is 4.12. The van der Waals surface area contributed by atoms with Crippen LogP contribution in [0.3, 0.4) is 0 Å². The highest BCUT2D eigenvalue weighted by Gasteiger charge is 2.34. The van der Waals surface area contributed by atoms with Gasteiger partial charge in [-0.25, -0.2) is 0 Å². The number of piperidine rings is 1. The molecule has 4 rings (SSSR count). The molecule has 1 atom stereocenters. The first kappa shape index (κ1) is 17.8. The van der Waals surface area contributed by atoms with Crippen molar-refractivity contribution in [3.63, 3.8) is 0 Å². The first-order valence-corrected chi connectivity index (χ1v) is 9.55. The van der Waals surface area contributed by atoms with Crippen molar-refractivity contribution in [2.24, 2.45) is 5.41 Å². The lowest BCUT2D eigenvalue weighted by molar-refractivity contribution is 0.0550. The number of fused-ring (bicyclic) bond motifs is 1. The van der Waals surface area contributed by atoms with E-state index in [0.717, 1.165) is 55.1 Å². The number of ether oxygens (including phenoxy) is 2. The summed E-state index contributed by atoms with van der Waals surface area (Å²) in [5, 5.41) is 0. The van der Waals surface area contributed by atoms with Crippen molar-refractivity contribution >= 4 is 5.91 Å². The smallest absolute Gasteiger partial charge is 0.255 e. The molecule has 5 nitrogen and oxygen atoms in total. The van der Waals surface area contributed by atoms with Gasteiger partial charge in [0.05, 0.1) is 5.56 Å². The predicted octanol–water partition coefficient (Wildman–Crippen LogP) is 3.91. The van der Waals surface area contributed by atoms with Crippen molar-refractivity contribution in [2.45, 2.75) is 40.0 Å². The van der Waals surface area contributed by atoms with E-state index in [1.54, 1.807) is 6.20 Å². The molecule has 1 aromatic heterocycles. The molecule has 2 aliphatic heterocycles. The summed E-state index contributed by atoms with van der Waals surface area (Å²) in [5.74, 6) is 1.72. The lowest BCUT2D eigenvalue weighted by Crippen LogP contribution is -2.45. The number of pyridine rings is 1. The Balaban J connectivity index is 1.49. The maximum atomic E-state index is 13.0. The van der Waals surface area contributed by atoms with E-state index < -0.39 is 0 Å². The molecule has 0 aliphatic carbocycles. The van der Waals surface area contributed by atoms with Gasteiger partial charge in [-0.05, 0) is 67.9 Å². The van der Waals surface area contributed by atoms with Gasteiger partial charge in [0.25, 0.3) is 5.91 Å². The molecular weight excluding hydrogens is 340 g/mol. The van der Waals surface area contributed by atoms with Crippen molar-refractivity contribution in [1.82, 2.24) is 9.88 Å². The molecule has 0 spiro atoms. The van der Waals surface area contributed by atoms with E-state index >= 15 is 0 Å². The largest absolute Gasteiger partial charge is 0.454 e.